The summed E-state index contributed by atoms with van der Waals surface area (Å²) in [6, 6.07) is 29.0. The highest BCUT2D eigenvalue weighted by Gasteiger charge is 2.57. The molecular weight excluding hydrogens is 851 g/mol. The lowest BCUT2D eigenvalue weighted by Gasteiger charge is -2.45. The number of carbonyl (C=O) groups is 1. The normalized spacial score (nSPS) is 25.5. The number of rotatable bonds is 21. The van der Waals surface area contributed by atoms with Gasteiger partial charge in [-0.2, -0.15) is 0 Å². The number of nitrogens with zero attached hydrogens (tertiary/aromatic N) is 1. The maximum atomic E-state index is 13.2. The number of anilines is 1. The fraction of sp³-hybridized carbons (Fsp3) is 0.483. The minimum atomic E-state index is -1.18. The summed E-state index contributed by atoms with van der Waals surface area (Å²) in [5, 5.41) is 68.9. The van der Waals surface area contributed by atoms with E-state index in [2.05, 4.69) is 35.1 Å². The Bertz CT molecular complexity index is 2450. The Labute approximate surface area is 402 Å². The molecule has 9 N–H and O–H groups in total. The molecule has 10 unspecified atom stereocenters. The molecule has 68 heavy (non-hydrogen) atoms. The number of carboxylic acid groups (broad SMARTS) is 1. The topological polar surface area (TPSA) is 193 Å². The monoisotopic (exact) mass is 924 g/mol. The zero-order valence-electron chi connectivity index (χ0n) is 39.7. The van der Waals surface area contributed by atoms with Crippen molar-refractivity contribution in [2.24, 2.45) is 41.4 Å². The van der Waals surface area contributed by atoms with Crippen LogP contribution >= 0.6 is 0 Å². The second-order valence-electron chi connectivity index (χ2n) is 20.6. The number of H-pyrrole nitrogens is 1. The first-order chi connectivity index (χ1) is 32.9. The summed E-state index contributed by atoms with van der Waals surface area (Å²) >= 11 is 0. The Balaban J connectivity index is 1.02. The van der Waals surface area contributed by atoms with Crippen LogP contribution in [-0.2, 0) is 24.1 Å². The quantitative estimate of drug-likeness (QED) is 0.0261. The number of aliphatic carboxylic acids is 1. The molecule has 2 fully saturated rings. The zero-order chi connectivity index (χ0) is 47.8. The van der Waals surface area contributed by atoms with Gasteiger partial charge in [0.25, 0.3) is 0 Å². The van der Waals surface area contributed by atoms with E-state index in [9.17, 15) is 35.4 Å². The van der Waals surface area contributed by atoms with Crippen LogP contribution in [0, 0.1) is 41.4 Å². The minimum absolute atomic E-state index is 0.000755. The number of pyridine rings is 1. The molecule has 0 saturated heterocycles. The first-order valence-electron chi connectivity index (χ1n) is 25.5. The van der Waals surface area contributed by atoms with Gasteiger partial charge in [-0.05, 0) is 135 Å². The van der Waals surface area contributed by atoms with E-state index in [0.717, 1.165) is 72.2 Å². The minimum Gasteiger partial charge on any atom is -0.508 e. The van der Waals surface area contributed by atoms with Crippen LogP contribution in [0.25, 0.3) is 22.4 Å². The molecule has 3 aromatic carbocycles. The predicted molar refractivity (Wildman–Crippen MR) is 269 cm³/mol. The van der Waals surface area contributed by atoms with Gasteiger partial charge in [0.2, 0.25) is 0 Å². The van der Waals surface area contributed by atoms with E-state index < -0.39 is 29.5 Å². The highest BCUT2D eigenvalue weighted by molar-refractivity contribution is 5.85. The average Bonchev–Trinajstić information content (AvgIpc) is 3.86. The maximum absolute atomic E-state index is 13.2. The van der Waals surface area contributed by atoms with E-state index in [4.69, 9.17) is 5.73 Å². The van der Waals surface area contributed by atoms with Crippen LogP contribution in [0.2, 0.25) is 0 Å². The number of nitrogens with one attached hydrogen (secondary N) is 1. The van der Waals surface area contributed by atoms with Crippen molar-refractivity contribution in [3.63, 3.8) is 0 Å². The van der Waals surface area contributed by atoms with Crippen LogP contribution in [0.4, 0.5) is 5.82 Å². The summed E-state index contributed by atoms with van der Waals surface area (Å²) < 4.78 is 0. The number of aromatic hydroxyl groups is 2. The van der Waals surface area contributed by atoms with Crippen LogP contribution in [-0.4, -0.2) is 64.4 Å². The van der Waals surface area contributed by atoms with Gasteiger partial charge in [-0.15, -0.1) is 0 Å². The number of unbranched alkanes of at least 4 members (excludes halogenated alkanes) is 4. The first-order valence-corrected chi connectivity index (χ1v) is 25.5. The SMILES string of the molecule is CCCCCC1C=CC(CCCCCC(C(=O)O)C(O)C2CCC3C(Cc4ccnc(N)c4)CC(Cc4cc(-c5ccccc5)c(-c5cc(O)cc(O)c5Cc5ccccc5)[nH]4)C3(O)C2)C(O)C1. The standard InChI is InChI=1S/C58H73N3O7/c1-2-3-7-14-38-21-22-41(52(63)29-38)19-12-6-13-20-47(57(66)67)56(65)42-23-24-51-43(27-39-25-26-60-54(59)30-39)31-44(58(51,68)36-42)32-45-33-48(40-17-10-5-11-18-40)55(61-45)50-34-46(62)35-53(64)49(50)28-37-15-8-4-9-16-37/h4-5,8-11,15-18,21-22,25-26,30,33-35,38,41-44,47,51-52,56,61-65,68H,2-3,6-7,12-14,19-20,23-24,27-29,31-32,36H2,1H3,(H2,59,60)(H,66,67). The third kappa shape index (κ3) is 11.5. The number of phenolic OH excluding ortho intramolecular Hbond substituents is 2. The molecule has 5 aromatic rings. The van der Waals surface area contributed by atoms with Crippen molar-refractivity contribution in [3.05, 3.63) is 132 Å². The predicted octanol–water partition coefficient (Wildman–Crippen LogP) is 11.0. The number of nitrogen functional groups attached to an aromatic ring is 1. The van der Waals surface area contributed by atoms with Gasteiger partial charge in [0.1, 0.15) is 17.3 Å². The number of benzene rings is 3. The molecule has 3 aliphatic rings. The van der Waals surface area contributed by atoms with Gasteiger partial charge in [0.05, 0.1) is 29.4 Å². The molecule has 0 amide bonds. The van der Waals surface area contributed by atoms with Gasteiger partial charge in [0.15, 0.2) is 0 Å². The number of hydrogen-bond acceptors (Lipinski definition) is 8. The van der Waals surface area contributed by atoms with Crippen LogP contribution in [0.1, 0.15) is 119 Å². The highest BCUT2D eigenvalue weighted by atomic mass is 16.4. The molecule has 0 bridgehead atoms. The molecule has 2 heterocycles. The fourth-order valence-corrected chi connectivity index (χ4v) is 12.5. The number of nitrogens with two attached hydrogens (primary N) is 1. The van der Waals surface area contributed by atoms with Crippen molar-refractivity contribution in [2.75, 3.05) is 5.73 Å². The van der Waals surface area contributed by atoms with E-state index in [0.29, 0.717) is 74.2 Å². The number of fused-ring (bicyclic) bond motifs is 1. The summed E-state index contributed by atoms with van der Waals surface area (Å²) in [6.45, 7) is 2.21. The lowest BCUT2D eigenvalue weighted by atomic mass is 9.64. The molecule has 0 aliphatic heterocycles. The number of phenols is 2. The van der Waals surface area contributed by atoms with E-state index >= 15 is 0 Å². The van der Waals surface area contributed by atoms with Crippen molar-refractivity contribution in [3.8, 4) is 33.9 Å². The maximum Gasteiger partial charge on any atom is 0.309 e. The lowest BCUT2D eigenvalue weighted by molar-refractivity contribution is -0.152. The number of carboxylic acids is 1. The number of aromatic amines is 1. The smallest absolute Gasteiger partial charge is 0.309 e. The summed E-state index contributed by atoms with van der Waals surface area (Å²) in [5.74, 6) is -1.53. The summed E-state index contributed by atoms with van der Waals surface area (Å²) in [7, 11) is 0. The van der Waals surface area contributed by atoms with E-state index in [1.165, 1.54) is 25.3 Å². The molecule has 8 rings (SSSR count). The number of allylic oxidation sites excluding steroid dienone is 1. The fourth-order valence-electron chi connectivity index (χ4n) is 12.5. The highest BCUT2D eigenvalue weighted by Crippen LogP contribution is 2.56. The molecule has 10 heteroatoms. The van der Waals surface area contributed by atoms with Gasteiger partial charge in [-0.25, -0.2) is 4.98 Å². The largest absolute Gasteiger partial charge is 0.508 e. The average molecular weight is 924 g/mol. The number of aliphatic hydroxyl groups excluding tert-OH is 2. The zero-order valence-corrected chi connectivity index (χ0v) is 39.7. The van der Waals surface area contributed by atoms with Crippen LogP contribution in [0.3, 0.4) is 0 Å². The van der Waals surface area contributed by atoms with Crippen molar-refractivity contribution in [1.82, 2.24) is 9.97 Å². The summed E-state index contributed by atoms with van der Waals surface area (Å²) in [5.41, 5.74) is 11.9. The molecule has 3 aliphatic carbocycles. The van der Waals surface area contributed by atoms with E-state index in [-0.39, 0.29) is 41.3 Å². The van der Waals surface area contributed by atoms with Crippen molar-refractivity contribution in [2.45, 2.75) is 134 Å². The summed E-state index contributed by atoms with van der Waals surface area (Å²) in [6.07, 6.45) is 17.9. The molecular formula is C58H73N3O7. The third-order valence-corrected chi connectivity index (χ3v) is 16.0. The number of hydrogen-bond donors (Lipinski definition) is 8. The Kier molecular flexibility index (Phi) is 16.1. The molecule has 0 radical (unpaired) electrons. The Morgan fingerprint density at radius 1 is 0.853 bits per heavy atom. The summed E-state index contributed by atoms with van der Waals surface area (Å²) in [4.78, 5) is 20.8. The lowest BCUT2D eigenvalue weighted by Crippen LogP contribution is -2.50. The van der Waals surface area contributed by atoms with Crippen molar-refractivity contribution >= 4 is 11.8 Å². The molecule has 2 saturated carbocycles. The first kappa shape index (κ1) is 49.0. The second-order valence-corrected chi connectivity index (χ2v) is 20.6. The molecule has 0 spiro atoms. The van der Waals surface area contributed by atoms with Gasteiger partial charge in [-0.1, -0.05) is 118 Å². The van der Waals surface area contributed by atoms with Crippen LogP contribution < -0.4 is 5.73 Å². The van der Waals surface area contributed by atoms with Crippen molar-refractivity contribution < 1.29 is 35.4 Å². The van der Waals surface area contributed by atoms with E-state index in [1.807, 2.05) is 72.8 Å². The second kappa shape index (κ2) is 22.3. The van der Waals surface area contributed by atoms with Gasteiger partial charge in [0, 0.05) is 47.0 Å². The van der Waals surface area contributed by atoms with Gasteiger partial charge in [-0.3, -0.25) is 4.79 Å². The number of aliphatic hydroxyl groups is 3. The third-order valence-electron chi connectivity index (χ3n) is 16.0. The molecule has 10 atom stereocenters. The van der Waals surface area contributed by atoms with Gasteiger partial charge >= 0.3 is 5.97 Å². The molecule has 362 valence electrons. The molecule has 2 aromatic heterocycles. The van der Waals surface area contributed by atoms with E-state index in [1.54, 1.807) is 12.3 Å². The van der Waals surface area contributed by atoms with Crippen LogP contribution in [0.5, 0.6) is 11.5 Å². The van der Waals surface area contributed by atoms with Gasteiger partial charge < -0.3 is 41.4 Å². The Morgan fingerprint density at radius 3 is 2.35 bits per heavy atom. The van der Waals surface area contributed by atoms with Crippen LogP contribution in [0.15, 0.2) is 109 Å². The molecule has 10 nitrogen and oxygen atoms in total. The Morgan fingerprint density at radius 2 is 1.62 bits per heavy atom. The number of aromatic nitrogens is 2. The Hall–Kier alpha value is -5.42. The van der Waals surface area contributed by atoms with Crippen molar-refractivity contribution in [1.29, 1.82) is 0 Å².